The Bertz CT molecular complexity index is 822. The van der Waals surface area contributed by atoms with Crippen LogP contribution in [0.3, 0.4) is 0 Å². The summed E-state index contributed by atoms with van der Waals surface area (Å²) in [6.45, 7) is 2.99. The molecule has 7 nitrogen and oxygen atoms in total. The first kappa shape index (κ1) is 16.2. The van der Waals surface area contributed by atoms with Crippen molar-refractivity contribution < 1.29 is 14.3 Å². The SMILES string of the molecule is CCOC(=O)C1CCN(C(=O)c2cnc3ccccn3c2=O)CC1. The number of carbonyl (C=O) groups is 2. The molecule has 0 radical (unpaired) electrons. The molecule has 0 unspecified atom stereocenters. The van der Waals surface area contributed by atoms with Gasteiger partial charge in [0.1, 0.15) is 11.2 Å². The van der Waals surface area contributed by atoms with Crippen molar-refractivity contribution in [1.29, 1.82) is 0 Å². The fraction of sp³-hybridized carbons (Fsp3) is 0.412. The molecule has 3 heterocycles. The van der Waals surface area contributed by atoms with Gasteiger partial charge in [-0.3, -0.25) is 18.8 Å². The van der Waals surface area contributed by atoms with E-state index >= 15 is 0 Å². The summed E-state index contributed by atoms with van der Waals surface area (Å²) >= 11 is 0. The van der Waals surface area contributed by atoms with Crippen molar-refractivity contribution in [2.75, 3.05) is 19.7 Å². The van der Waals surface area contributed by atoms with E-state index in [0.717, 1.165) is 0 Å². The third-order valence-electron chi connectivity index (χ3n) is 4.25. The van der Waals surface area contributed by atoms with E-state index in [1.165, 1.54) is 10.6 Å². The number of nitrogens with zero attached hydrogens (tertiary/aromatic N) is 3. The van der Waals surface area contributed by atoms with Gasteiger partial charge in [-0.15, -0.1) is 0 Å². The molecule has 0 spiro atoms. The lowest BCUT2D eigenvalue weighted by Gasteiger charge is -2.30. The first-order chi connectivity index (χ1) is 11.6. The van der Waals surface area contributed by atoms with Gasteiger partial charge in [0.15, 0.2) is 0 Å². The summed E-state index contributed by atoms with van der Waals surface area (Å²) in [5.41, 5.74) is 0.173. The minimum atomic E-state index is -0.377. The minimum Gasteiger partial charge on any atom is -0.466 e. The zero-order valence-electron chi connectivity index (χ0n) is 13.5. The highest BCUT2D eigenvalue weighted by molar-refractivity contribution is 5.94. The van der Waals surface area contributed by atoms with Crippen LogP contribution in [0.1, 0.15) is 30.1 Å². The molecule has 0 aromatic carbocycles. The lowest BCUT2D eigenvalue weighted by molar-refractivity contribution is -0.149. The summed E-state index contributed by atoms with van der Waals surface area (Å²) in [5.74, 6) is -0.727. The Balaban J connectivity index is 1.75. The second kappa shape index (κ2) is 6.82. The molecule has 2 aromatic rings. The van der Waals surface area contributed by atoms with Crippen molar-refractivity contribution in [3.8, 4) is 0 Å². The number of ether oxygens (including phenoxy) is 1. The van der Waals surface area contributed by atoms with Crippen LogP contribution in [0.5, 0.6) is 0 Å². The first-order valence-electron chi connectivity index (χ1n) is 8.04. The Labute approximate surface area is 138 Å². The molecule has 2 aromatic heterocycles. The Morgan fingerprint density at radius 2 is 2.04 bits per heavy atom. The van der Waals surface area contributed by atoms with Gasteiger partial charge in [0, 0.05) is 25.5 Å². The Hall–Kier alpha value is -2.70. The average molecular weight is 329 g/mol. The molecule has 0 aliphatic carbocycles. The number of amides is 1. The van der Waals surface area contributed by atoms with Crippen LogP contribution < -0.4 is 5.56 Å². The predicted octanol–water partition coefficient (Wildman–Crippen LogP) is 1.11. The highest BCUT2D eigenvalue weighted by Gasteiger charge is 2.29. The van der Waals surface area contributed by atoms with Gasteiger partial charge in [-0.1, -0.05) is 6.07 Å². The molecule has 0 bridgehead atoms. The molecule has 1 aliphatic rings. The lowest BCUT2D eigenvalue weighted by Crippen LogP contribution is -2.42. The van der Waals surface area contributed by atoms with E-state index in [-0.39, 0.29) is 28.9 Å². The van der Waals surface area contributed by atoms with Gasteiger partial charge in [-0.2, -0.15) is 0 Å². The fourth-order valence-electron chi connectivity index (χ4n) is 2.92. The summed E-state index contributed by atoms with van der Waals surface area (Å²) in [4.78, 5) is 42.6. The van der Waals surface area contributed by atoms with E-state index in [1.54, 1.807) is 36.2 Å². The molecule has 0 saturated carbocycles. The number of piperidine rings is 1. The summed E-state index contributed by atoms with van der Waals surface area (Å²) in [6, 6.07) is 5.21. The standard InChI is InChI=1S/C17H19N3O4/c1-2-24-17(23)12-6-9-19(10-7-12)15(21)13-11-18-14-5-3-4-8-20(14)16(13)22/h3-5,8,11-12H,2,6-7,9-10H2,1H3. The number of hydrogen-bond acceptors (Lipinski definition) is 5. The molecule has 3 rings (SSSR count). The monoisotopic (exact) mass is 329 g/mol. The Morgan fingerprint density at radius 1 is 1.29 bits per heavy atom. The van der Waals surface area contributed by atoms with Crippen LogP contribution in [0.2, 0.25) is 0 Å². The fourth-order valence-corrected chi connectivity index (χ4v) is 2.92. The highest BCUT2D eigenvalue weighted by atomic mass is 16.5. The van der Waals surface area contributed by atoms with E-state index in [2.05, 4.69) is 4.98 Å². The third-order valence-corrected chi connectivity index (χ3v) is 4.25. The predicted molar refractivity (Wildman–Crippen MR) is 86.7 cm³/mol. The van der Waals surface area contributed by atoms with Gasteiger partial charge >= 0.3 is 5.97 Å². The van der Waals surface area contributed by atoms with Gasteiger partial charge in [0.05, 0.1) is 12.5 Å². The van der Waals surface area contributed by atoms with Crippen LogP contribution in [-0.4, -0.2) is 45.9 Å². The van der Waals surface area contributed by atoms with E-state index in [9.17, 15) is 14.4 Å². The third kappa shape index (κ3) is 3.02. The number of rotatable bonds is 3. The summed E-state index contributed by atoms with van der Waals surface area (Å²) in [7, 11) is 0. The molecule has 1 saturated heterocycles. The van der Waals surface area contributed by atoms with Crippen molar-refractivity contribution in [3.05, 3.63) is 46.5 Å². The zero-order chi connectivity index (χ0) is 17.1. The summed E-state index contributed by atoms with van der Waals surface area (Å²) in [6.07, 6.45) is 4.02. The van der Waals surface area contributed by atoms with Crippen LogP contribution in [0.25, 0.3) is 5.65 Å². The van der Waals surface area contributed by atoms with Crippen molar-refractivity contribution in [1.82, 2.24) is 14.3 Å². The van der Waals surface area contributed by atoms with Gasteiger partial charge in [-0.25, -0.2) is 4.98 Å². The van der Waals surface area contributed by atoms with Crippen molar-refractivity contribution in [2.45, 2.75) is 19.8 Å². The first-order valence-corrected chi connectivity index (χ1v) is 8.04. The second-order valence-electron chi connectivity index (χ2n) is 5.72. The normalized spacial score (nSPS) is 15.5. The molecule has 1 aliphatic heterocycles. The number of esters is 1. The lowest BCUT2D eigenvalue weighted by atomic mass is 9.96. The molecule has 1 amide bonds. The Morgan fingerprint density at radius 3 is 2.75 bits per heavy atom. The molecule has 0 atom stereocenters. The molecule has 7 heteroatoms. The van der Waals surface area contributed by atoms with Crippen LogP contribution in [0.15, 0.2) is 35.4 Å². The van der Waals surface area contributed by atoms with Gasteiger partial charge in [-0.05, 0) is 31.9 Å². The number of carbonyl (C=O) groups excluding carboxylic acids is 2. The number of likely N-dealkylation sites (tertiary alicyclic amines) is 1. The van der Waals surface area contributed by atoms with Crippen molar-refractivity contribution in [3.63, 3.8) is 0 Å². The smallest absolute Gasteiger partial charge is 0.309 e. The maximum Gasteiger partial charge on any atom is 0.309 e. The van der Waals surface area contributed by atoms with E-state index in [0.29, 0.717) is 38.2 Å². The number of hydrogen-bond donors (Lipinski definition) is 0. The minimum absolute atomic E-state index is 0.0493. The number of pyridine rings is 1. The summed E-state index contributed by atoms with van der Waals surface area (Å²) in [5, 5.41) is 0. The van der Waals surface area contributed by atoms with Crippen molar-refractivity contribution >= 4 is 17.5 Å². The topological polar surface area (TPSA) is 81.0 Å². The molecule has 126 valence electrons. The van der Waals surface area contributed by atoms with Crippen LogP contribution in [-0.2, 0) is 9.53 Å². The molecular weight excluding hydrogens is 310 g/mol. The summed E-state index contributed by atoms with van der Waals surface area (Å²) < 4.78 is 6.38. The number of aromatic nitrogens is 2. The van der Waals surface area contributed by atoms with Gasteiger partial charge < -0.3 is 9.64 Å². The molecule has 0 N–H and O–H groups in total. The maximum atomic E-state index is 12.6. The van der Waals surface area contributed by atoms with Crippen LogP contribution in [0, 0.1) is 5.92 Å². The molecular formula is C17H19N3O4. The van der Waals surface area contributed by atoms with Gasteiger partial charge in [0.2, 0.25) is 0 Å². The van der Waals surface area contributed by atoms with E-state index in [1.807, 2.05) is 0 Å². The number of fused-ring (bicyclic) bond motifs is 1. The highest BCUT2D eigenvalue weighted by Crippen LogP contribution is 2.19. The van der Waals surface area contributed by atoms with E-state index in [4.69, 9.17) is 4.74 Å². The largest absolute Gasteiger partial charge is 0.466 e. The van der Waals surface area contributed by atoms with E-state index < -0.39 is 0 Å². The van der Waals surface area contributed by atoms with Crippen LogP contribution >= 0.6 is 0 Å². The second-order valence-corrected chi connectivity index (χ2v) is 5.72. The van der Waals surface area contributed by atoms with Crippen molar-refractivity contribution in [2.24, 2.45) is 5.92 Å². The zero-order valence-corrected chi connectivity index (χ0v) is 13.5. The van der Waals surface area contributed by atoms with Gasteiger partial charge in [0.25, 0.3) is 11.5 Å². The Kier molecular flexibility index (Phi) is 4.59. The average Bonchev–Trinajstić information content (AvgIpc) is 2.62. The van der Waals surface area contributed by atoms with Crippen LogP contribution in [0.4, 0.5) is 0 Å². The molecule has 1 fully saturated rings. The molecule has 24 heavy (non-hydrogen) atoms. The quantitative estimate of drug-likeness (QED) is 0.788. The maximum absolute atomic E-state index is 12.6.